The Morgan fingerprint density at radius 1 is 0.319 bits per heavy atom. The average molecular weight is 988 g/mol. The van der Waals surface area contributed by atoms with Crippen LogP contribution in [-0.2, 0) is 38.9 Å². The fraction of sp³-hybridized carbons (Fsp3) is 0.600. The number of nitrogens with one attached hydrogen (secondary N) is 3. The number of aliphatic hydroxyl groups excluding tert-OH is 3. The number of aliphatic hydroxyl groups is 3. The van der Waals surface area contributed by atoms with Crippen LogP contribution < -0.4 is 16.0 Å². The first-order chi connectivity index (χ1) is 35.5. The van der Waals surface area contributed by atoms with E-state index in [1.807, 2.05) is 18.2 Å². The maximum atomic E-state index is 9.94. The van der Waals surface area contributed by atoms with Gasteiger partial charge in [-0.2, -0.15) is 0 Å². The van der Waals surface area contributed by atoms with Crippen molar-refractivity contribution in [2.24, 2.45) is 0 Å². The van der Waals surface area contributed by atoms with Crippen molar-refractivity contribution in [1.82, 2.24) is 45.3 Å². The van der Waals surface area contributed by atoms with Crippen molar-refractivity contribution in [2.45, 2.75) is 95.5 Å². The number of unbranched alkanes of at least 4 members (excludes halogenated alkanes) is 3. The first kappa shape index (κ1) is 56.1. The van der Waals surface area contributed by atoms with Crippen LogP contribution in [0.5, 0.6) is 0 Å². The molecule has 0 spiro atoms. The fourth-order valence-corrected chi connectivity index (χ4v) is 11.0. The molecule has 3 fully saturated rings. The molecule has 396 valence electrons. The lowest BCUT2D eigenvalue weighted by Gasteiger charge is -2.36. The van der Waals surface area contributed by atoms with Gasteiger partial charge in [0.1, 0.15) is 0 Å². The van der Waals surface area contributed by atoms with Crippen molar-refractivity contribution in [2.75, 3.05) is 138 Å². The zero-order valence-corrected chi connectivity index (χ0v) is 44.0. The van der Waals surface area contributed by atoms with Crippen LogP contribution in [0.3, 0.4) is 0 Å². The van der Waals surface area contributed by atoms with Crippen LogP contribution in [0, 0.1) is 0 Å². The van der Waals surface area contributed by atoms with Crippen LogP contribution in [-0.4, -0.2) is 200 Å². The van der Waals surface area contributed by atoms with Gasteiger partial charge < -0.3 is 46.0 Å². The van der Waals surface area contributed by atoms with E-state index < -0.39 is 0 Å². The van der Waals surface area contributed by atoms with Gasteiger partial charge in [-0.05, 0) is 130 Å². The Balaban J connectivity index is 0.833. The minimum absolute atomic E-state index is 0.115. The first-order valence-corrected chi connectivity index (χ1v) is 28.1. The average Bonchev–Trinajstić information content (AvgIpc) is 3.41. The summed E-state index contributed by atoms with van der Waals surface area (Å²) in [6.45, 7) is 23.3. The van der Waals surface area contributed by atoms with E-state index in [-0.39, 0.29) is 37.9 Å². The molecular weight excluding hydrogens is 895 g/mol. The molecule has 0 bridgehead atoms. The van der Waals surface area contributed by atoms with Gasteiger partial charge in [0, 0.05) is 116 Å². The number of hydrogen-bond acceptors (Lipinski definition) is 12. The second kappa shape index (κ2) is 32.7. The summed E-state index contributed by atoms with van der Waals surface area (Å²) >= 11 is 0. The van der Waals surface area contributed by atoms with Crippen LogP contribution >= 0.6 is 0 Å². The van der Waals surface area contributed by atoms with Gasteiger partial charge >= 0.3 is 0 Å². The Morgan fingerprint density at radius 3 is 0.819 bits per heavy atom. The van der Waals surface area contributed by atoms with E-state index in [0.717, 1.165) is 176 Å². The lowest BCUT2D eigenvalue weighted by molar-refractivity contribution is 0.122. The molecule has 0 aromatic heterocycles. The third-order valence-electron chi connectivity index (χ3n) is 15.4. The number of benzene rings is 4. The molecule has 3 atom stereocenters. The second-order valence-corrected chi connectivity index (χ2v) is 21.2. The predicted octanol–water partition coefficient (Wildman–Crippen LogP) is 4.96. The third kappa shape index (κ3) is 21.0. The van der Waals surface area contributed by atoms with E-state index in [9.17, 15) is 15.3 Å². The van der Waals surface area contributed by atoms with Crippen molar-refractivity contribution in [3.63, 3.8) is 0 Å². The quantitative estimate of drug-likeness (QED) is 0.0363. The standard InChI is InChI=1S/C60H93N9O3/c70-49-58(43-52-16-4-1-5-17-52)61-22-10-13-25-64-28-34-67(35-29-64)46-55-40-56(47-68-36-30-65(31-37-68)26-14-11-23-62-59(50-71)44-53-18-6-2-7-19-53)42-57(41-55)48-69-38-32-66(33-39-69)27-15-12-24-63-60(51-72)45-54-20-8-3-9-21-54/h1-9,16-21,40-42,58-63,70-72H,10-15,22-39,43-51H2/t58-,59-,60-/m0/s1. The maximum absolute atomic E-state index is 9.94. The summed E-state index contributed by atoms with van der Waals surface area (Å²) in [5.41, 5.74) is 8.22. The van der Waals surface area contributed by atoms with Gasteiger partial charge in [-0.15, -0.1) is 0 Å². The monoisotopic (exact) mass is 988 g/mol. The molecule has 3 saturated heterocycles. The van der Waals surface area contributed by atoms with Crippen LogP contribution in [0.25, 0.3) is 0 Å². The molecule has 72 heavy (non-hydrogen) atoms. The molecule has 3 aliphatic heterocycles. The van der Waals surface area contributed by atoms with Gasteiger partial charge in [-0.1, -0.05) is 109 Å². The molecule has 0 radical (unpaired) electrons. The van der Waals surface area contributed by atoms with Gasteiger partial charge in [0.25, 0.3) is 0 Å². The molecule has 4 aromatic carbocycles. The van der Waals surface area contributed by atoms with Crippen LogP contribution in [0.2, 0.25) is 0 Å². The molecule has 0 saturated carbocycles. The molecule has 6 N–H and O–H groups in total. The highest BCUT2D eigenvalue weighted by Gasteiger charge is 2.22. The molecule has 0 aliphatic carbocycles. The van der Waals surface area contributed by atoms with Crippen LogP contribution in [0.1, 0.15) is 71.9 Å². The summed E-state index contributed by atoms with van der Waals surface area (Å²) in [7, 11) is 0. The minimum Gasteiger partial charge on any atom is -0.395 e. The molecule has 4 aromatic rings. The zero-order valence-electron chi connectivity index (χ0n) is 44.0. The van der Waals surface area contributed by atoms with E-state index in [4.69, 9.17) is 0 Å². The fourth-order valence-electron chi connectivity index (χ4n) is 11.0. The summed E-state index contributed by atoms with van der Waals surface area (Å²) in [5.74, 6) is 0. The molecule has 12 heteroatoms. The van der Waals surface area contributed by atoms with Crippen molar-refractivity contribution in [1.29, 1.82) is 0 Å². The maximum Gasteiger partial charge on any atom is 0.0587 e. The number of hydrogen-bond donors (Lipinski definition) is 6. The first-order valence-electron chi connectivity index (χ1n) is 28.1. The van der Waals surface area contributed by atoms with Gasteiger partial charge in [-0.25, -0.2) is 0 Å². The summed E-state index contributed by atoms with van der Waals surface area (Å²) < 4.78 is 0. The Hall–Kier alpha value is -3.60. The Bertz CT molecular complexity index is 1750. The molecule has 0 amide bonds. The van der Waals surface area contributed by atoms with E-state index in [0.29, 0.717) is 0 Å². The van der Waals surface area contributed by atoms with Gasteiger partial charge in [0.15, 0.2) is 0 Å². The van der Waals surface area contributed by atoms with E-state index in [2.05, 4.69) is 136 Å². The van der Waals surface area contributed by atoms with E-state index in [1.165, 1.54) is 52.6 Å². The number of piperazine rings is 3. The number of nitrogens with zero attached hydrogens (tertiary/aromatic N) is 6. The lowest BCUT2D eigenvalue weighted by Crippen LogP contribution is -2.46. The second-order valence-electron chi connectivity index (χ2n) is 21.2. The predicted molar refractivity (Wildman–Crippen MR) is 296 cm³/mol. The Labute approximate surface area is 434 Å². The molecule has 3 heterocycles. The normalized spacial score (nSPS) is 18.4. The van der Waals surface area contributed by atoms with Crippen molar-refractivity contribution >= 4 is 0 Å². The molecule has 7 rings (SSSR count). The summed E-state index contributed by atoms with van der Waals surface area (Å²) in [6.07, 6.45) is 9.54. The summed E-state index contributed by atoms with van der Waals surface area (Å²) in [4.78, 5) is 16.0. The Morgan fingerprint density at radius 2 is 0.569 bits per heavy atom. The molecule has 3 aliphatic rings. The van der Waals surface area contributed by atoms with E-state index in [1.54, 1.807) is 0 Å². The molecule has 0 unspecified atom stereocenters. The van der Waals surface area contributed by atoms with Crippen molar-refractivity contribution in [3.05, 3.63) is 143 Å². The van der Waals surface area contributed by atoms with Crippen molar-refractivity contribution < 1.29 is 15.3 Å². The lowest BCUT2D eigenvalue weighted by atomic mass is 10.0. The highest BCUT2D eigenvalue weighted by molar-refractivity contribution is 5.31. The van der Waals surface area contributed by atoms with E-state index >= 15 is 0 Å². The minimum atomic E-state index is 0.115. The van der Waals surface area contributed by atoms with Gasteiger partial charge in [0.2, 0.25) is 0 Å². The molecule has 12 nitrogen and oxygen atoms in total. The SMILES string of the molecule is OC[C@H](Cc1ccccc1)NCCCCN1CCN(Cc2cc(CN3CCN(CCCCN[C@H](CO)Cc4ccccc4)CC3)cc(CN3CCN(CCCCN[C@H](CO)Cc4ccccc4)CC3)c2)CC1. The van der Waals surface area contributed by atoms with Crippen LogP contribution in [0.4, 0.5) is 0 Å². The largest absolute Gasteiger partial charge is 0.395 e. The topological polar surface area (TPSA) is 116 Å². The molecular formula is C60H93N9O3. The van der Waals surface area contributed by atoms with Gasteiger partial charge in [-0.3, -0.25) is 14.7 Å². The zero-order chi connectivity index (χ0) is 49.8. The highest BCUT2D eigenvalue weighted by atomic mass is 16.3. The summed E-state index contributed by atoms with van der Waals surface area (Å²) in [5, 5.41) is 40.6. The highest BCUT2D eigenvalue weighted by Crippen LogP contribution is 2.20. The van der Waals surface area contributed by atoms with Crippen molar-refractivity contribution in [3.8, 4) is 0 Å². The Kier molecular flexibility index (Phi) is 25.5. The number of rotatable bonds is 33. The van der Waals surface area contributed by atoms with Crippen LogP contribution in [0.15, 0.2) is 109 Å². The smallest absolute Gasteiger partial charge is 0.0587 e. The van der Waals surface area contributed by atoms with Gasteiger partial charge in [0.05, 0.1) is 19.8 Å². The summed E-state index contributed by atoms with van der Waals surface area (Å²) in [6, 6.07) is 39.4. The third-order valence-corrected chi connectivity index (χ3v) is 15.4.